The molecule has 0 aromatic heterocycles. The topological polar surface area (TPSA) is 44.4 Å². The molecule has 0 saturated heterocycles. The lowest BCUT2D eigenvalue weighted by Crippen LogP contribution is -2.33. The number of hydrogen-bond acceptors (Lipinski definition) is 3. The Bertz CT molecular complexity index is 479. The largest absolute Gasteiger partial charge is 0.326 e. The number of amides is 1. The zero-order valence-electron chi connectivity index (χ0n) is 14.7. The van der Waals surface area contributed by atoms with Gasteiger partial charge >= 0.3 is 0 Å². The Morgan fingerprint density at radius 1 is 1.17 bits per heavy atom. The van der Waals surface area contributed by atoms with Crippen LogP contribution in [-0.4, -0.2) is 37.5 Å². The summed E-state index contributed by atoms with van der Waals surface area (Å²) in [6.07, 6.45) is 7.17. The van der Waals surface area contributed by atoms with E-state index >= 15 is 0 Å². The minimum Gasteiger partial charge on any atom is -0.326 e. The second kappa shape index (κ2) is 12.5. The van der Waals surface area contributed by atoms with Crippen LogP contribution >= 0.6 is 24.8 Å². The quantitative estimate of drug-likeness (QED) is 0.760. The molecule has 0 atom stereocenters. The fraction of sp³-hybridized carbons (Fsp3) is 0.611. The SMILES string of the molecule is CNCCC(=O)Nc1ccccc1CN(C)C1CCCCC1.Cl.Cl. The summed E-state index contributed by atoms with van der Waals surface area (Å²) < 4.78 is 0. The molecular formula is C18H31Cl2N3O. The molecule has 0 radical (unpaired) electrons. The van der Waals surface area contributed by atoms with E-state index in [1.165, 1.54) is 37.7 Å². The molecule has 1 fully saturated rings. The number of halogens is 2. The second-order valence-electron chi connectivity index (χ2n) is 6.27. The van der Waals surface area contributed by atoms with E-state index in [1.54, 1.807) is 0 Å². The first kappa shape index (κ1) is 23.2. The molecule has 1 aliphatic rings. The third kappa shape index (κ3) is 7.39. The van der Waals surface area contributed by atoms with Crippen LogP contribution in [-0.2, 0) is 11.3 Å². The molecule has 1 aromatic carbocycles. The van der Waals surface area contributed by atoms with Gasteiger partial charge in [0, 0.05) is 31.2 Å². The van der Waals surface area contributed by atoms with Crippen molar-refractivity contribution < 1.29 is 4.79 Å². The first-order valence-corrected chi connectivity index (χ1v) is 8.43. The summed E-state index contributed by atoms with van der Waals surface area (Å²) >= 11 is 0. The van der Waals surface area contributed by atoms with Gasteiger partial charge in [0.25, 0.3) is 0 Å². The van der Waals surface area contributed by atoms with Crippen LogP contribution in [0.1, 0.15) is 44.1 Å². The van der Waals surface area contributed by atoms with E-state index in [0.717, 1.165) is 12.2 Å². The Morgan fingerprint density at radius 3 is 2.50 bits per heavy atom. The zero-order chi connectivity index (χ0) is 15.8. The monoisotopic (exact) mass is 375 g/mol. The van der Waals surface area contributed by atoms with Gasteiger partial charge in [-0.1, -0.05) is 37.5 Å². The predicted molar refractivity (Wildman–Crippen MR) is 106 cm³/mol. The fourth-order valence-electron chi connectivity index (χ4n) is 3.15. The van der Waals surface area contributed by atoms with E-state index in [2.05, 4.69) is 28.6 Å². The van der Waals surface area contributed by atoms with Crippen molar-refractivity contribution in [3.05, 3.63) is 29.8 Å². The van der Waals surface area contributed by atoms with Crippen LogP contribution in [0.5, 0.6) is 0 Å². The highest BCUT2D eigenvalue weighted by atomic mass is 35.5. The van der Waals surface area contributed by atoms with Gasteiger partial charge < -0.3 is 10.6 Å². The van der Waals surface area contributed by atoms with E-state index in [0.29, 0.717) is 19.0 Å². The molecule has 4 nitrogen and oxygen atoms in total. The molecule has 2 rings (SSSR count). The number of nitrogens with zero attached hydrogens (tertiary/aromatic N) is 1. The van der Waals surface area contributed by atoms with Crippen LogP contribution in [0.2, 0.25) is 0 Å². The van der Waals surface area contributed by atoms with E-state index in [1.807, 2.05) is 25.2 Å². The first-order valence-electron chi connectivity index (χ1n) is 8.43. The van der Waals surface area contributed by atoms with Crippen molar-refractivity contribution in [2.24, 2.45) is 0 Å². The molecule has 0 unspecified atom stereocenters. The molecule has 138 valence electrons. The fourth-order valence-corrected chi connectivity index (χ4v) is 3.15. The molecule has 1 aromatic rings. The zero-order valence-corrected chi connectivity index (χ0v) is 16.3. The van der Waals surface area contributed by atoms with Crippen LogP contribution in [0.4, 0.5) is 5.69 Å². The van der Waals surface area contributed by atoms with Crippen molar-refractivity contribution >= 4 is 36.4 Å². The van der Waals surface area contributed by atoms with Crippen molar-refractivity contribution in [3.8, 4) is 0 Å². The van der Waals surface area contributed by atoms with Crippen LogP contribution in [0.3, 0.4) is 0 Å². The molecule has 0 spiro atoms. The number of anilines is 1. The van der Waals surface area contributed by atoms with Crippen molar-refractivity contribution in [2.75, 3.05) is 26.0 Å². The van der Waals surface area contributed by atoms with Gasteiger partial charge in [0.15, 0.2) is 0 Å². The van der Waals surface area contributed by atoms with Gasteiger partial charge in [-0.05, 0) is 38.6 Å². The van der Waals surface area contributed by atoms with Gasteiger partial charge in [0.2, 0.25) is 5.91 Å². The van der Waals surface area contributed by atoms with Crippen LogP contribution in [0.15, 0.2) is 24.3 Å². The number of benzene rings is 1. The smallest absolute Gasteiger partial charge is 0.225 e. The van der Waals surface area contributed by atoms with Gasteiger partial charge in [0.05, 0.1) is 0 Å². The van der Waals surface area contributed by atoms with Crippen LogP contribution in [0.25, 0.3) is 0 Å². The second-order valence-corrected chi connectivity index (χ2v) is 6.27. The number of carbonyl (C=O) groups is 1. The van der Waals surface area contributed by atoms with E-state index in [9.17, 15) is 4.79 Å². The number of carbonyl (C=O) groups excluding carboxylic acids is 1. The number of hydrogen-bond donors (Lipinski definition) is 2. The van der Waals surface area contributed by atoms with E-state index in [4.69, 9.17) is 0 Å². The van der Waals surface area contributed by atoms with Gasteiger partial charge in [0.1, 0.15) is 0 Å². The molecule has 1 saturated carbocycles. The van der Waals surface area contributed by atoms with E-state index in [-0.39, 0.29) is 30.7 Å². The highest BCUT2D eigenvalue weighted by Crippen LogP contribution is 2.24. The normalized spacial score (nSPS) is 14.6. The summed E-state index contributed by atoms with van der Waals surface area (Å²) in [5.74, 6) is 0.0714. The average Bonchev–Trinajstić information content (AvgIpc) is 2.55. The Hall–Kier alpha value is -0.810. The van der Waals surface area contributed by atoms with Crippen LogP contribution in [0, 0.1) is 0 Å². The van der Waals surface area contributed by atoms with Crippen LogP contribution < -0.4 is 10.6 Å². The van der Waals surface area contributed by atoms with Crippen molar-refractivity contribution in [1.29, 1.82) is 0 Å². The molecule has 0 heterocycles. The lowest BCUT2D eigenvalue weighted by atomic mass is 9.94. The third-order valence-electron chi connectivity index (χ3n) is 4.51. The summed E-state index contributed by atoms with van der Waals surface area (Å²) in [4.78, 5) is 14.4. The molecule has 1 aliphatic carbocycles. The Kier molecular flexibility index (Phi) is 12.1. The summed E-state index contributed by atoms with van der Waals surface area (Å²) in [5, 5.41) is 6.05. The average molecular weight is 376 g/mol. The highest BCUT2D eigenvalue weighted by molar-refractivity contribution is 5.91. The maximum absolute atomic E-state index is 11.9. The van der Waals surface area contributed by atoms with Crippen molar-refractivity contribution in [1.82, 2.24) is 10.2 Å². The molecule has 6 heteroatoms. The Balaban J connectivity index is 0.00000264. The van der Waals surface area contributed by atoms with Gasteiger partial charge in [-0.3, -0.25) is 9.69 Å². The lowest BCUT2D eigenvalue weighted by molar-refractivity contribution is -0.116. The van der Waals surface area contributed by atoms with Gasteiger partial charge in [-0.15, -0.1) is 24.8 Å². The standard InChI is InChI=1S/C18H29N3O.2ClH/c1-19-13-12-18(22)20-17-11-7-6-8-15(17)14-21(2)16-9-4-3-5-10-16;;/h6-8,11,16,19H,3-5,9-10,12-14H2,1-2H3,(H,20,22);2*1H. The number of nitrogens with one attached hydrogen (secondary N) is 2. The Labute approximate surface area is 158 Å². The van der Waals surface area contributed by atoms with E-state index < -0.39 is 0 Å². The summed E-state index contributed by atoms with van der Waals surface area (Å²) in [6.45, 7) is 1.60. The summed E-state index contributed by atoms with van der Waals surface area (Å²) in [5.41, 5.74) is 2.15. The van der Waals surface area contributed by atoms with Crippen molar-refractivity contribution in [3.63, 3.8) is 0 Å². The number of rotatable bonds is 7. The molecular weight excluding hydrogens is 345 g/mol. The van der Waals surface area contributed by atoms with Gasteiger partial charge in [-0.2, -0.15) is 0 Å². The molecule has 0 aliphatic heterocycles. The third-order valence-corrected chi connectivity index (χ3v) is 4.51. The molecule has 24 heavy (non-hydrogen) atoms. The predicted octanol–water partition coefficient (Wildman–Crippen LogP) is 3.84. The maximum atomic E-state index is 11.9. The van der Waals surface area contributed by atoms with Gasteiger partial charge in [-0.25, -0.2) is 0 Å². The lowest BCUT2D eigenvalue weighted by Gasteiger charge is -2.31. The highest BCUT2D eigenvalue weighted by Gasteiger charge is 2.19. The molecule has 1 amide bonds. The molecule has 2 N–H and O–H groups in total. The maximum Gasteiger partial charge on any atom is 0.225 e. The Morgan fingerprint density at radius 2 is 1.83 bits per heavy atom. The summed E-state index contributed by atoms with van der Waals surface area (Å²) in [7, 11) is 4.07. The first-order chi connectivity index (χ1) is 10.7. The number of para-hydroxylation sites is 1. The molecule has 0 bridgehead atoms. The summed E-state index contributed by atoms with van der Waals surface area (Å²) in [6, 6.07) is 8.83. The minimum absolute atomic E-state index is 0. The van der Waals surface area contributed by atoms with Crippen molar-refractivity contribution in [2.45, 2.75) is 51.1 Å². The minimum atomic E-state index is 0.